The van der Waals surface area contributed by atoms with Crippen LogP contribution in [0.5, 0.6) is 0 Å². The number of rotatable bonds is 1. The van der Waals surface area contributed by atoms with Gasteiger partial charge in [-0.1, -0.05) is 15.9 Å². The average molecular weight is 435 g/mol. The van der Waals surface area contributed by atoms with Crippen molar-refractivity contribution >= 4 is 33.7 Å². The maximum absolute atomic E-state index is 12.7. The zero-order valence-corrected chi connectivity index (χ0v) is 17.5. The van der Waals surface area contributed by atoms with Gasteiger partial charge in [0.1, 0.15) is 5.60 Å². The number of amides is 2. The molecule has 0 spiro atoms. The lowest BCUT2D eigenvalue weighted by Crippen LogP contribution is -2.40. The lowest BCUT2D eigenvalue weighted by Gasteiger charge is -2.30. The van der Waals surface area contributed by atoms with Crippen molar-refractivity contribution in [2.75, 3.05) is 11.9 Å². The molecule has 1 aliphatic heterocycles. The van der Waals surface area contributed by atoms with Crippen LogP contribution in [-0.4, -0.2) is 39.0 Å². The van der Waals surface area contributed by atoms with E-state index in [2.05, 4.69) is 26.3 Å². The van der Waals surface area contributed by atoms with Gasteiger partial charge in [-0.25, -0.2) is 9.59 Å². The Hall–Kier alpha value is -2.35. The first kappa shape index (κ1) is 19.4. The van der Waals surface area contributed by atoms with E-state index >= 15 is 0 Å². The molecule has 0 atom stereocenters. The van der Waals surface area contributed by atoms with Crippen LogP contribution in [0.15, 0.2) is 28.7 Å². The Morgan fingerprint density at radius 3 is 2.52 bits per heavy atom. The van der Waals surface area contributed by atoms with Gasteiger partial charge in [0.25, 0.3) is 0 Å². The zero-order chi connectivity index (χ0) is 19.8. The second kappa shape index (κ2) is 7.34. The number of hydrogen-bond donors (Lipinski definition) is 1. The van der Waals surface area contributed by atoms with Gasteiger partial charge in [0.15, 0.2) is 0 Å². The molecular weight excluding hydrogens is 412 g/mol. The molecule has 1 aromatic carbocycles. The molecule has 0 saturated carbocycles. The van der Waals surface area contributed by atoms with E-state index in [9.17, 15) is 9.59 Å². The van der Waals surface area contributed by atoms with Crippen LogP contribution < -0.4 is 5.32 Å². The summed E-state index contributed by atoms with van der Waals surface area (Å²) in [5.41, 5.74) is 2.63. The highest BCUT2D eigenvalue weighted by Crippen LogP contribution is 2.24. The summed E-state index contributed by atoms with van der Waals surface area (Å²) in [7, 11) is 0. The lowest BCUT2D eigenvalue weighted by molar-refractivity contribution is 0.0223. The van der Waals surface area contributed by atoms with Crippen LogP contribution in [0.1, 0.15) is 37.7 Å². The summed E-state index contributed by atoms with van der Waals surface area (Å²) in [5.74, 6) is 0. The van der Waals surface area contributed by atoms with Crippen molar-refractivity contribution in [2.24, 2.45) is 0 Å². The van der Waals surface area contributed by atoms with Crippen LogP contribution in [0, 0.1) is 6.92 Å². The zero-order valence-electron chi connectivity index (χ0n) is 15.9. The van der Waals surface area contributed by atoms with Crippen LogP contribution in [0.2, 0.25) is 0 Å². The molecule has 2 heterocycles. The van der Waals surface area contributed by atoms with Gasteiger partial charge in [-0.2, -0.15) is 9.78 Å². The minimum atomic E-state index is -0.541. The van der Waals surface area contributed by atoms with Gasteiger partial charge in [0.2, 0.25) is 0 Å². The fourth-order valence-electron chi connectivity index (χ4n) is 2.94. The standard InChI is InChI=1S/C19H23BrN4O3/c1-12-15-11-23(18(26)27-19(2,3)4)10-9-16(15)24(22-12)17(25)21-14-7-5-13(20)6-8-14/h5-8H,9-11H2,1-4H3,(H,21,25). The third kappa shape index (κ3) is 4.50. The number of nitrogens with zero attached hydrogens (tertiary/aromatic N) is 3. The van der Waals surface area contributed by atoms with Crippen molar-refractivity contribution < 1.29 is 14.3 Å². The highest BCUT2D eigenvalue weighted by atomic mass is 79.9. The summed E-state index contributed by atoms with van der Waals surface area (Å²) >= 11 is 3.37. The van der Waals surface area contributed by atoms with E-state index in [0.717, 1.165) is 21.4 Å². The Labute approximate surface area is 166 Å². The van der Waals surface area contributed by atoms with E-state index in [4.69, 9.17) is 4.74 Å². The number of hydrogen-bond acceptors (Lipinski definition) is 4. The maximum Gasteiger partial charge on any atom is 0.410 e. The molecule has 2 aromatic rings. The third-order valence-electron chi connectivity index (χ3n) is 4.20. The molecule has 27 heavy (non-hydrogen) atoms. The monoisotopic (exact) mass is 434 g/mol. The van der Waals surface area contributed by atoms with Gasteiger partial charge in [-0.05, 0) is 52.0 Å². The van der Waals surface area contributed by atoms with Crippen LogP contribution >= 0.6 is 15.9 Å². The van der Waals surface area contributed by atoms with Crippen LogP contribution in [0.3, 0.4) is 0 Å². The molecule has 2 amide bonds. The first-order valence-electron chi connectivity index (χ1n) is 8.76. The number of fused-ring (bicyclic) bond motifs is 1. The summed E-state index contributed by atoms with van der Waals surface area (Å²) in [4.78, 5) is 26.6. The number of ether oxygens (including phenoxy) is 1. The van der Waals surface area contributed by atoms with E-state index in [1.54, 1.807) is 4.90 Å². The highest BCUT2D eigenvalue weighted by molar-refractivity contribution is 9.10. The molecule has 1 aliphatic rings. The molecule has 0 radical (unpaired) electrons. The van der Waals surface area contributed by atoms with Gasteiger partial charge in [0.05, 0.1) is 17.9 Å². The second-order valence-electron chi connectivity index (χ2n) is 7.51. The number of nitrogens with one attached hydrogen (secondary N) is 1. The molecule has 0 unspecified atom stereocenters. The molecule has 3 rings (SSSR count). The molecule has 8 heteroatoms. The Balaban J connectivity index is 1.76. The average Bonchev–Trinajstić information content (AvgIpc) is 2.92. The van der Waals surface area contributed by atoms with Gasteiger partial charge < -0.3 is 15.0 Å². The first-order valence-corrected chi connectivity index (χ1v) is 9.55. The predicted molar refractivity (Wildman–Crippen MR) is 106 cm³/mol. The van der Waals surface area contributed by atoms with Crippen LogP contribution in [-0.2, 0) is 17.7 Å². The molecule has 144 valence electrons. The fraction of sp³-hybridized carbons (Fsp3) is 0.421. The lowest BCUT2D eigenvalue weighted by atomic mass is 10.1. The second-order valence-corrected chi connectivity index (χ2v) is 8.43. The molecule has 0 aliphatic carbocycles. The van der Waals surface area contributed by atoms with Crippen molar-refractivity contribution in [1.82, 2.24) is 14.7 Å². The first-order chi connectivity index (χ1) is 12.6. The van der Waals surface area contributed by atoms with Crippen LogP contribution in [0.25, 0.3) is 0 Å². The number of carbonyl (C=O) groups excluding carboxylic acids is 2. The Kier molecular flexibility index (Phi) is 5.28. The van der Waals surface area contributed by atoms with Crippen molar-refractivity contribution in [1.29, 1.82) is 0 Å². The van der Waals surface area contributed by atoms with Crippen LogP contribution in [0.4, 0.5) is 15.3 Å². The van der Waals surface area contributed by atoms with E-state index in [1.807, 2.05) is 52.0 Å². The molecule has 0 saturated heterocycles. The van der Waals surface area contributed by atoms with Crippen molar-refractivity contribution in [3.8, 4) is 0 Å². The molecule has 0 bridgehead atoms. The number of benzene rings is 1. The summed E-state index contributed by atoms with van der Waals surface area (Å²) < 4.78 is 7.79. The number of aromatic nitrogens is 2. The van der Waals surface area contributed by atoms with Gasteiger partial charge >= 0.3 is 12.1 Å². The number of halogens is 1. The van der Waals surface area contributed by atoms with Gasteiger partial charge in [-0.3, -0.25) is 0 Å². The third-order valence-corrected chi connectivity index (χ3v) is 4.73. The van der Waals surface area contributed by atoms with Crippen molar-refractivity contribution in [2.45, 2.75) is 46.3 Å². The molecule has 1 aromatic heterocycles. The van der Waals surface area contributed by atoms with Gasteiger partial charge in [0, 0.05) is 28.7 Å². The van der Waals surface area contributed by atoms with Crippen molar-refractivity contribution in [3.63, 3.8) is 0 Å². The normalized spacial score (nSPS) is 13.9. The molecular formula is C19H23BrN4O3. The fourth-order valence-corrected chi connectivity index (χ4v) is 3.20. The Bertz CT molecular complexity index is 868. The topological polar surface area (TPSA) is 76.5 Å². The Morgan fingerprint density at radius 2 is 1.89 bits per heavy atom. The van der Waals surface area contributed by atoms with E-state index in [1.165, 1.54) is 4.68 Å². The van der Waals surface area contributed by atoms with Gasteiger partial charge in [-0.15, -0.1) is 0 Å². The molecule has 7 nitrogen and oxygen atoms in total. The largest absolute Gasteiger partial charge is 0.444 e. The smallest absolute Gasteiger partial charge is 0.410 e. The minimum Gasteiger partial charge on any atom is -0.444 e. The quantitative estimate of drug-likeness (QED) is 0.724. The van der Waals surface area contributed by atoms with Crippen molar-refractivity contribution in [3.05, 3.63) is 45.7 Å². The highest BCUT2D eigenvalue weighted by Gasteiger charge is 2.30. The number of aryl methyl sites for hydroxylation is 1. The van der Waals surface area contributed by atoms with E-state index < -0.39 is 5.60 Å². The van der Waals surface area contributed by atoms with E-state index in [-0.39, 0.29) is 12.1 Å². The molecule has 1 N–H and O–H groups in total. The molecule has 0 fully saturated rings. The van der Waals surface area contributed by atoms with E-state index in [0.29, 0.717) is 25.2 Å². The minimum absolute atomic E-state index is 0.313. The number of anilines is 1. The summed E-state index contributed by atoms with van der Waals surface area (Å²) in [6.07, 6.45) is 0.197. The predicted octanol–water partition coefficient (Wildman–Crippen LogP) is 4.33. The Morgan fingerprint density at radius 1 is 1.22 bits per heavy atom. The summed E-state index contributed by atoms with van der Waals surface area (Å²) in [6.45, 7) is 8.25. The maximum atomic E-state index is 12.7. The number of carbonyl (C=O) groups is 2. The SMILES string of the molecule is Cc1nn(C(=O)Nc2ccc(Br)cc2)c2c1CN(C(=O)OC(C)(C)C)CC2. The summed E-state index contributed by atoms with van der Waals surface area (Å²) in [6, 6.07) is 7.03. The summed E-state index contributed by atoms with van der Waals surface area (Å²) in [5, 5.41) is 7.24.